The van der Waals surface area contributed by atoms with E-state index in [1.165, 1.54) is 107 Å². The molecule has 2 saturated heterocycles. The number of thiophene rings is 1. The molecule has 9 rings (SSSR count). The summed E-state index contributed by atoms with van der Waals surface area (Å²) >= 11 is 1.50. The van der Waals surface area contributed by atoms with Crippen molar-refractivity contribution in [3.05, 3.63) is 68.4 Å². The molecular formula is C53H70N10O4S. The number of fused-ring (bicyclic) bond motifs is 2. The first-order valence-electron chi connectivity index (χ1n) is 25.7. The van der Waals surface area contributed by atoms with Gasteiger partial charge in [-0.2, -0.15) is 10.2 Å². The van der Waals surface area contributed by atoms with Gasteiger partial charge in [-0.05, 0) is 132 Å². The zero-order valence-electron chi connectivity index (χ0n) is 40.6. The van der Waals surface area contributed by atoms with Crippen LogP contribution in [0.2, 0.25) is 0 Å². The molecule has 6 heterocycles. The molecule has 1 saturated carbocycles. The normalized spacial score (nSPS) is 25.3. The highest BCUT2D eigenvalue weighted by Crippen LogP contribution is 2.49. The van der Waals surface area contributed by atoms with E-state index in [1.54, 1.807) is 22.4 Å². The van der Waals surface area contributed by atoms with Gasteiger partial charge < -0.3 is 15.2 Å². The van der Waals surface area contributed by atoms with Crippen molar-refractivity contribution in [1.82, 2.24) is 34.6 Å². The molecule has 3 N–H and O–H groups in total. The number of aromatic nitrogens is 6. The van der Waals surface area contributed by atoms with E-state index in [2.05, 4.69) is 54.3 Å². The second-order valence-electron chi connectivity index (χ2n) is 20.9. The quantitative estimate of drug-likeness (QED) is 0.0612. The molecule has 0 spiro atoms. The summed E-state index contributed by atoms with van der Waals surface area (Å²) < 4.78 is 9.16. The molecule has 7 atom stereocenters. The molecule has 15 heteroatoms. The maximum atomic E-state index is 13.3. The summed E-state index contributed by atoms with van der Waals surface area (Å²) in [6.45, 7) is 7.80. The Hall–Kier alpha value is -5.36. The van der Waals surface area contributed by atoms with Crippen molar-refractivity contribution in [3.63, 3.8) is 0 Å². The number of amides is 2. The number of carbonyl (C=O) groups excluding carboxylic acids is 2. The van der Waals surface area contributed by atoms with Crippen molar-refractivity contribution in [1.29, 1.82) is 5.26 Å². The highest BCUT2D eigenvalue weighted by atomic mass is 32.1. The Bertz CT molecular complexity index is 2710. The summed E-state index contributed by atoms with van der Waals surface area (Å²) in [6.07, 6.45) is 25.1. The van der Waals surface area contributed by atoms with Crippen LogP contribution in [0.25, 0.3) is 22.6 Å². The maximum absolute atomic E-state index is 13.3. The van der Waals surface area contributed by atoms with E-state index < -0.39 is 17.4 Å². The first-order valence-corrected chi connectivity index (χ1v) is 26.6. The number of hydrogen-bond donors (Lipinski definition) is 2. The number of anilines is 2. The fourth-order valence-corrected chi connectivity index (χ4v) is 13.6. The van der Waals surface area contributed by atoms with E-state index in [0.29, 0.717) is 52.3 Å². The van der Waals surface area contributed by atoms with Crippen LogP contribution in [0.15, 0.2) is 39.8 Å². The number of imidazole rings is 1. The van der Waals surface area contributed by atoms with Crippen LogP contribution in [0.5, 0.6) is 0 Å². The monoisotopic (exact) mass is 943 g/mol. The Labute approximate surface area is 404 Å². The lowest BCUT2D eigenvalue weighted by Crippen LogP contribution is -2.44. The van der Waals surface area contributed by atoms with Gasteiger partial charge in [0.25, 0.3) is 0 Å². The van der Waals surface area contributed by atoms with Crippen molar-refractivity contribution in [2.24, 2.45) is 24.8 Å². The number of unbranched alkanes of at least 4 members (excludes halogenated alkanes) is 4. The number of benzene rings is 1. The summed E-state index contributed by atoms with van der Waals surface area (Å²) in [5, 5.41) is 17.3. The largest absolute Gasteiger partial charge is 0.389 e. The Morgan fingerprint density at radius 3 is 2.63 bits per heavy atom. The van der Waals surface area contributed by atoms with Crippen molar-refractivity contribution in [2.75, 3.05) is 17.2 Å². The van der Waals surface area contributed by atoms with Crippen molar-refractivity contribution < 1.29 is 14.1 Å². The smallest absolute Gasteiger partial charge is 0.329 e. The predicted octanol–water partition coefficient (Wildman–Crippen LogP) is 10.4. The first-order chi connectivity index (χ1) is 32.9. The number of rotatable bonds is 14. The first kappa shape index (κ1) is 47.7. The molecule has 4 aromatic heterocycles. The maximum Gasteiger partial charge on any atom is 0.329 e. The summed E-state index contributed by atoms with van der Waals surface area (Å²) in [7, 11) is 1.78. The molecule has 4 aliphatic rings. The minimum absolute atomic E-state index is 0.207. The molecule has 2 aliphatic heterocycles. The van der Waals surface area contributed by atoms with Gasteiger partial charge in [0.2, 0.25) is 29.5 Å². The standard InChI is InChI=1S/C53H70N10O4S/c1-33(13-8-6-5-7-9-14-35-15-10-16-37(22-20-35)38-23-24-41-43(31-38)61(4)52(66)63(41)42-25-26-45(64)58-49(42)65)36-17-12-30-62(34(2)19-21-36)51-56-29-27-40(57-51)48-59-50(67-60-48)53(3)28-11-18-44-46(53)39(32-54)47(55)68-44/h23-24,27,29,31,33-37,42H,5-22,25-26,28,30,55H2,1-4H3,(H,58,64,65)/t33?,34-,35?,36?,37?,42?,53-/m0/s1. The third-order valence-corrected chi connectivity index (χ3v) is 17.6. The average molecular weight is 943 g/mol. The molecule has 0 radical (unpaired) electrons. The average Bonchev–Trinajstić information content (AvgIpc) is 3.97. The molecule has 1 aromatic carbocycles. The van der Waals surface area contributed by atoms with Crippen LogP contribution < -0.4 is 21.6 Å². The van der Waals surface area contributed by atoms with Crippen LogP contribution in [0.3, 0.4) is 0 Å². The Morgan fingerprint density at radius 2 is 1.79 bits per heavy atom. The second kappa shape index (κ2) is 20.7. The summed E-state index contributed by atoms with van der Waals surface area (Å²) in [4.78, 5) is 55.8. The number of nitriles is 1. The van der Waals surface area contributed by atoms with Gasteiger partial charge in [0, 0.05) is 42.7 Å². The van der Waals surface area contributed by atoms with Crippen molar-refractivity contribution >= 4 is 45.1 Å². The molecule has 2 aliphatic carbocycles. The highest BCUT2D eigenvalue weighted by molar-refractivity contribution is 7.16. The van der Waals surface area contributed by atoms with Crippen LogP contribution in [0.1, 0.15) is 189 Å². The molecule has 5 unspecified atom stereocenters. The number of nitrogens with two attached hydrogens (primary N) is 1. The lowest BCUT2D eigenvalue weighted by Gasteiger charge is -2.35. The van der Waals surface area contributed by atoms with Crippen molar-refractivity contribution in [2.45, 2.75) is 179 Å². The number of nitrogens with one attached hydrogen (secondary N) is 1. The van der Waals surface area contributed by atoms with E-state index in [9.17, 15) is 19.6 Å². The topological polar surface area (TPSA) is 191 Å². The number of piperidine rings is 1. The fourth-order valence-electron chi connectivity index (χ4n) is 12.4. The lowest BCUT2D eigenvalue weighted by molar-refractivity contribution is -0.135. The summed E-state index contributed by atoms with van der Waals surface area (Å²) in [5.74, 6) is 3.74. The Morgan fingerprint density at radius 1 is 0.956 bits per heavy atom. The van der Waals surface area contributed by atoms with Crippen LogP contribution in [-0.2, 0) is 28.5 Å². The van der Waals surface area contributed by atoms with Gasteiger partial charge in [0.15, 0.2) is 0 Å². The van der Waals surface area contributed by atoms with E-state index in [4.69, 9.17) is 25.2 Å². The number of nitrogens with zero attached hydrogens (tertiary/aromatic N) is 8. The zero-order chi connectivity index (χ0) is 47.5. The van der Waals surface area contributed by atoms with E-state index >= 15 is 0 Å². The second-order valence-corrected chi connectivity index (χ2v) is 22.1. The minimum atomic E-state index is -0.655. The van der Waals surface area contributed by atoms with Crippen LogP contribution in [0.4, 0.5) is 10.9 Å². The molecule has 14 nitrogen and oxygen atoms in total. The Balaban J connectivity index is 0.691. The van der Waals surface area contributed by atoms with Crippen LogP contribution >= 0.6 is 11.3 Å². The SMILES string of the molecule is CC(CCCCCCCC1CCCC(c2ccc3c(c2)n(C)c(=O)n3C2CCC(=O)NC2=O)CC1)C1CCCN(c2nccc(-c3noc([C@@]4(C)CCCc5sc(N)c(C#N)c54)n3)n2)[C@@H](C)CC1. The van der Waals surface area contributed by atoms with Crippen LogP contribution in [-0.4, -0.2) is 53.6 Å². The summed E-state index contributed by atoms with van der Waals surface area (Å²) in [6, 6.07) is 10.2. The molecule has 3 fully saturated rings. The van der Waals surface area contributed by atoms with Gasteiger partial charge in [0.1, 0.15) is 22.8 Å². The fraction of sp³-hybridized carbons (Fsp3) is 0.623. The lowest BCUT2D eigenvalue weighted by atomic mass is 9.72. The molecule has 5 aromatic rings. The number of carbonyl (C=O) groups is 2. The molecular weight excluding hydrogens is 873 g/mol. The van der Waals surface area contributed by atoms with E-state index in [-0.39, 0.29) is 18.0 Å². The van der Waals surface area contributed by atoms with Gasteiger partial charge in [-0.3, -0.25) is 24.0 Å². The van der Waals surface area contributed by atoms with Gasteiger partial charge in [-0.25, -0.2) is 14.8 Å². The number of hydrogen-bond acceptors (Lipinski definition) is 12. The summed E-state index contributed by atoms with van der Waals surface area (Å²) in [5.41, 5.74) is 10.5. The number of imide groups is 1. The highest BCUT2D eigenvalue weighted by Gasteiger charge is 2.43. The van der Waals surface area contributed by atoms with Gasteiger partial charge in [-0.1, -0.05) is 75.9 Å². The minimum Gasteiger partial charge on any atom is -0.389 e. The number of aryl methyl sites for hydroxylation is 2. The third kappa shape index (κ3) is 9.76. The molecule has 0 bridgehead atoms. The Kier molecular flexibility index (Phi) is 14.5. The van der Waals surface area contributed by atoms with Crippen molar-refractivity contribution in [3.8, 4) is 17.6 Å². The zero-order valence-corrected chi connectivity index (χ0v) is 41.4. The predicted molar refractivity (Wildman–Crippen MR) is 266 cm³/mol. The van der Waals surface area contributed by atoms with Gasteiger partial charge >= 0.3 is 5.69 Å². The van der Waals surface area contributed by atoms with Crippen LogP contribution in [0, 0.1) is 29.1 Å². The van der Waals surface area contributed by atoms with Gasteiger partial charge in [-0.15, -0.1) is 11.3 Å². The molecule has 68 heavy (non-hydrogen) atoms. The van der Waals surface area contributed by atoms with Gasteiger partial charge in [0.05, 0.1) is 22.0 Å². The number of nitrogen functional groups attached to an aromatic ring is 1. The molecule has 362 valence electrons. The third-order valence-electron chi connectivity index (χ3n) is 16.5. The van der Waals surface area contributed by atoms with E-state index in [1.807, 2.05) is 12.1 Å². The molecule has 2 amide bonds. The van der Waals surface area contributed by atoms with E-state index in [0.717, 1.165) is 77.9 Å².